The molecular formula is C24H27N3O2. The highest BCUT2D eigenvalue weighted by Crippen LogP contribution is 2.23. The molecule has 2 aliphatic rings. The van der Waals surface area contributed by atoms with Gasteiger partial charge in [-0.3, -0.25) is 14.5 Å². The van der Waals surface area contributed by atoms with E-state index in [1.807, 2.05) is 41.3 Å². The van der Waals surface area contributed by atoms with Gasteiger partial charge in [0.2, 0.25) is 11.8 Å². The van der Waals surface area contributed by atoms with Crippen molar-refractivity contribution in [3.63, 3.8) is 0 Å². The van der Waals surface area contributed by atoms with Crippen molar-refractivity contribution in [2.75, 3.05) is 26.2 Å². The summed E-state index contributed by atoms with van der Waals surface area (Å²) in [6, 6.07) is 20.0. The molecule has 1 N–H and O–H groups in total. The second kappa shape index (κ2) is 9.05. The summed E-state index contributed by atoms with van der Waals surface area (Å²) in [6.07, 6.45) is 3.22. The molecular weight excluding hydrogens is 362 g/mol. The fourth-order valence-electron chi connectivity index (χ4n) is 4.10. The van der Waals surface area contributed by atoms with Crippen LogP contribution in [-0.4, -0.2) is 53.8 Å². The number of nitrogens with one attached hydrogen (secondary N) is 1. The lowest BCUT2D eigenvalue weighted by molar-refractivity contribution is -0.138. The molecule has 5 nitrogen and oxygen atoms in total. The molecule has 0 saturated carbocycles. The zero-order valence-corrected chi connectivity index (χ0v) is 16.6. The number of hydrogen-bond acceptors (Lipinski definition) is 3. The Morgan fingerprint density at radius 3 is 2.41 bits per heavy atom. The van der Waals surface area contributed by atoms with Crippen LogP contribution in [0.1, 0.15) is 24.0 Å². The Morgan fingerprint density at radius 2 is 1.72 bits per heavy atom. The molecule has 0 aliphatic carbocycles. The molecule has 1 saturated heterocycles. The largest absolute Gasteiger partial charge is 0.353 e. The second-order valence-electron chi connectivity index (χ2n) is 7.65. The van der Waals surface area contributed by atoms with E-state index >= 15 is 0 Å². The van der Waals surface area contributed by atoms with Crippen LogP contribution in [-0.2, 0) is 16.1 Å². The number of piperazine rings is 1. The third kappa shape index (κ3) is 4.74. The van der Waals surface area contributed by atoms with Gasteiger partial charge in [-0.2, -0.15) is 0 Å². The van der Waals surface area contributed by atoms with Gasteiger partial charge in [-0.1, -0.05) is 66.7 Å². The van der Waals surface area contributed by atoms with Gasteiger partial charge in [-0.15, -0.1) is 0 Å². The van der Waals surface area contributed by atoms with Crippen molar-refractivity contribution in [3.8, 4) is 0 Å². The van der Waals surface area contributed by atoms with Crippen LogP contribution in [0.2, 0.25) is 0 Å². The van der Waals surface area contributed by atoms with Gasteiger partial charge in [0.1, 0.15) is 0 Å². The van der Waals surface area contributed by atoms with Gasteiger partial charge in [-0.05, 0) is 23.1 Å². The van der Waals surface area contributed by atoms with Gasteiger partial charge in [-0.25, -0.2) is 0 Å². The molecule has 0 bridgehead atoms. The van der Waals surface area contributed by atoms with E-state index in [0.717, 1.165) is 18.5 Å². The first-order valence-corrected chi connectivity index (χ1v) is 10.3. The Balaban J connectivity index is 1.39. The van der Waals surface area contributed by atoms with Gasteiger partial charge in [0.25, 0.3) is 0 Å². The predicted octanol–water partition coefficient (Wildman–Crippen LogP) is 2.69. The Hall–Kier alpha value is -2.92. The molecule has 4 rings (SSSR count). The summed E-state index contributed by atoms with van der Waals surface area (Å²) in [6.45, 7) is 3.38. The zero-order chi connectivity index (χ0) is 20.1. The minimum Gasteiger partial charge on any atom is -0.353 e. The van der Waals surface area contributed by atoms with Crippen LogP contribution in [0.15, 0.2) is 66.7 Å². The summed E-state index contributed by atoms with van der Waals surface area (Å²) in [5.74, 6) is 0.00605. The van der Waals surface area contributed by atoms with Gasteiger partial charge in [0.15, 0.2) is 0 Å². The normalized spacial score (nSPS) is 20.1. The third-order valence-electron chi connectivity index (χ3n) is 5.74. The number of rotatable bonds is 5. The van der Waals surface area contributed by atoms with Crippen molar-refractivity contribution in [2.45, 2.75) is 25.4 Å². The average molecular weight is 389 g/mol. The molecule has 2 aromatic carbocycles. The SMILES string of the molecule is O=C1NCCN(Cc2ccccc2)C1CC(=O)N1CC=C(c2ccccc2)CC1. The molecule has 29 heavy (non-hydrogen) atoms. The van der Waals surface area contributed by atoms with Gasteiger partial charge in [0, 0.05) is 32.7 Å². The first-order valence-electron chi connectivity index (χ1n) is 10.3. The van der Waals surface area contributed by atoms with E-state index in [0.29, 0.717) is 26.2 Å². The summed E-state index contributed by atoms with van der Waals surface area (Å²) in [4.78, 5) is 29.5. The maximum atomic E-state index is 12.9. The lowest BCUT2D eigenvalue weighted by Crippen LogP contribution is -2.56. The highest BCUT2D eigenvalue weighted by Gasteiger charge is 2.33. The van der Waals surface area contributed by atoms with Crippen LogP contribution in [0.3, 0.4) is 0 Å². The maximum Gasteiger partial charge on any atom is 0.237 e. The molecule has 2 amide bonds. The van der Waals surface area contributed by atoms with Gasteiger partial charge < -0.3 is 10.2 Å². The topological polar surface area (TPSA) is 52.7 Å². The highest BCUT2D eigenvalue weighted by atomic mass is 16.2. The third-order valence-corrected chi connectivity index (χ3v) is 5.74. The number of nitrogens with zero attached hydrogens (tertiary/aromatic N) is 2. The van der Waals surface area contributed by atoms with Crippen LogP contribution in [0.4, 0.5) is 0 Å². The quantitative estimate of drug-likeness (QED) is 0.856. The van der Waals surface area contributed by atoms with Crippen LogP contribution in [0.25, 0.3) is 5.57 Å². The van der Waals surface area contributed by atoms with E-state index in [1.54, 1.807) is 0 Å². The Morgan fingerprint density at radius 1 is 1.00 bits per heavy atom. The monoisotopic (exact) mass is 389 g/mol. The molecule has 1 unspecified atom stereocenters. The number of hydrogen-bond donors (Lipinski definition) is 1. The summed E-state index contributed by atoms with van der Waals surface area (Å²) in [5, 5.41) is 2.92. The molecule has 0 radical (unpaired) electrons. The van der Waals surface area contributed by atoms with Crippen molar-refractivity contribution in [3.05, 3.63) is 77.9 Å². The minimum absolute atomic E-state index is 0.0435. The van der Waals surface area contributed by atoms with Crippen LogP contribution < -0.4 is 5.32 Å². The Kier molecular flexibility index (Phi) is 6.06. The molecule has 1 atom stereocenters. The van der Waals surface area contributed by atoms with Crippen molar-refractivity contribution >= 4 is 17.4 Å². The first-order chi connectivity index (χ1) is 14.2. The Labute approximate surface area is 172 Å². The number of carbonyl (C=O) groups is 2. The lowest BCUT2D eigenvalue weighted by Gasteiger charge is -2.36. The minimum atomic E-state index is -0.407. The van der Waals surface area contributed by atoms with Gasteiger partial charge in [0.05, 0.1) is 12.5 Å². The summed E-state index contributed by atoms with van der Waals surface area (Å²) < 4.78 is 0. The molecule has 2 aromatic rings. The number of carbonyl (C=O) groups excluding carboxylic acids is 2. The predicted molar refractivity (Wildman–Crippen MR) is 114 cm³/mol. The van der Waals surface area contributed by atoms with Crippen molar-refractivity contribution in [1.29, 1.82) is 0 Å². The van der Waals surface area contributed by atoms with Crippen molar-refractivity contribution < 1.29 is 9.59 Å². The molecule has 0 spiro atoms. The molecule has 2 heterocycles. The maximum absolute atomic E-state index is 12.9. The molecule has 0 aromatic heterocycles. The van der Waals surface area contributed by atoms with E-state index in [4.69, 9.17) is 0 Å². The van der Waals surface area contributed by atoms with Crippen molar-refractivity contribution in [1.82, 2.24) is 15.1 Å². The molecule has 2 aliphatic heterocycles. The molecule has 150 valence electrons. The van der Waals surface area contributed by atoms with Crippen LogP contribution in [0.5, 0.6) is 0 Å². The second-order valence-corrected chi connectivity index (χ2v) is 7.65. The molecule has 1 fully saturated rings. The standard InChI is InChI=1S/C24H27N3O2/c28-23(26-14-11-21(12-15-26)20-9-5-2-6-10-20)17-22-24(29)25-13-16-27(22)18-19-7-3-1-4-8-19/h1-11,22H,12-18H2,(H,25,29). The van der Waals surface area contributed by atoms with E-state index in [-0.39, 0.29) is 18.2 Å². The summed E-state index contributed by atoms with van der Waals surface area (Å²) in [5.41, 5.74) is 3.67. The highest BCUT2D eigenvalue weighted by molar-refractivity contribution is 5.89. The average Bonchev–Trinajstić information content (AvgIpc) is 2.77. The van der Waals surface area contributed by atoms with E-state index in [9.17, 15) is 9.59 Å². The molecule has 5 heteroatoms. The van der Waals surface area contributed by atoms with Crippen molar-refractivity contribution in [2.24, 2.45) is 0 Å². The van der Waals surface area contributed by atoms with Gasteiger partial charge >= 0.3 is 0 Å². The smallest absolute Gasteiger partial charge is 0.237 e. The lowest BCUT2D eigenvalue weighted by atomic mass is 9.99. The summed E-state index contributed by atoms with van der Waals surface area (Å²) >= 11 is 0. The fraction of sp³-hybridized carbons (Fsp3) is 0.333. The van der Waals surface area contributed by atoms with E-state index in [2.05, 4.69) is 40.6 Å². The zero-order valence-electron chi connectivity index (χ0n) is 16.6. The van der Waals surface area contributed by atoms with Crippen LogP contribution >= 0.6 is 0 Å². The fourth-order valence-corrected chi connectivity index (χ4v) is 4.10. The Bertz CT molecular complexity index is 880. The summed E-state index contributed by atoms with van der Waals surface area (Å²) in [7, 11) is 0. The van der Waals surface area contributed by atoms with Crippen LogP contribution in [0, 0.1) is 0 Å². The number of amides is 2. The number of benzene rings is 2. The van der Waals surface area contributed by atoms with E-state index in [1.165, 1.54) is 11.1 Å². The van der Waals surface area contributed by atoms with E-state index < -0.39 is 6.04 Å². The first kappa shape index (κ1) is 19.4.